The largest absolute Gasteiger partial charge is 0.492 e. The van der Waals surface area contributed by atoms with E-state index < -0.39 is 0 Å². The third kappa shape index (κ3) is 5.23. The molecule has 0 radical (unpaired) electrons. The first-order chi connectivity index (χ1) is 15.2. The van der Waals surface area contributed by atoms with Gasteiger partial charge in [-0.25, -0.2) is 0 Å². The van der Waals surface area contributed by atoms with Gasteiger partial charge in [-0.15, -0.1) is 0 Å². The Morgan fingerprint density at radius 2 is 2.03 bits per heavy atom. The molecule has 2 aliphatic heterocycles. The van der Waals surface area contributed by atoms with Gasteiger partial charge in [-0.2, -0.15) is 5.26 Å². The summed E-state index contributed by atoms with van der Waals surface area (Å²) in [6.07, 6.45) is 0.875. The van der Waals surface area contributed by atoms with Crippen LogP contribution in [0.5, 0.6) is 5.75 Å². The number of halogens is 1. The van der Waals surface area contributed by atoms with Gasteiger partial charge in [-0.1, -0.05) is 42.0 Å². The number of benzene rings is 2. The average Bonchev–Trinajstić information content (AvgIpc) is 2.95. The van der Waals surface area contributed by atoms with Crippen LogP contribution in [0, 0.1) is 11.3 Å². The molecule has 0 bridgehead atoms. The number of nitriles is 1. The number of nitrogens with one attached hydrogen (secondary N) is 1. The van der Waals surface area contributed by atoms with Crippen molar-refractivity contribution in [2.24, 2.45) is 4.99 Å². The van der Waals surface area contributed by atoms with E-state index in [4.69, 9.17) is 33.3 Å². The zero-order valence-corrected chi connectivity index (χ0v) is 18.6. The summed E-state index contributed by atoms with van der Waals surface area (Å²) in [5.41, 5.74) is 3.52. The highest BCUT2D eigenvalue weighted by atomic mass is 35.5. The van der Waals surface area contributed by atoms with Gasteiger partial charge in [0.25, 0.3) is 0 Å². The van der Waals surface area contributed by atoms with Gasteiger partial charge in [0, 0.05) is 41.9 Å². The number of benzodiazepines with no additional fused rings is 1. The average molecular weight is 455 g/mol. The van der Waals surface area contributed by atoms with Crippen LogP contribution in [0.2, 0.25) is 5.02 Å². The number of rotatable bonds is 6. The van der Waals surface area contributed by atoms with E-state index in [1.807, 2.05) is 30.3 Å². The Balaban J connectivity index is 1.56. The molecule has 8 heteroatoms. The standard InChI is InChI=1S/C23H23ClN4O2S/c24-19-5-2-1-4-17(19)23-18-12-16(14-25)21(13-20(18)27-22(31)15-26-23)30-9-3-6-28-7-10-29-11-8-28/h1-2,4-5,12-13H,3,6-11,15H2,(H,27,31). The molecule has 2 aromatic rings. The maximum absolute atomic E-state index is 9.75. The second kappa shape index (κ2) is 10.2. The summed E-state index contributed by atoms with van der Waals surface area (Å²) in [4.78, 5) is 7.64. The number of nitrogens with zero attached hydrogens (tertiary/aromatic N) is 3. The van der Waals surface area contributed by atoms with Crippen molar-refractivity contribution in [3.05, 3.63) is 58.1 Å². The third-order valence-electron chi connectivity index (χ3n) is 5.26. The highest BCUT2D eigenvalue weighted by molar-refractivity contribution is 7.80. The van der Waals surface area contributed by atoms with E-state index in [9.17, 15) is 5.26 Å². The number of aliphatic imine (C=N–C) groups is 1. The molecule has 4 rings (SSSR count). The van der Waals surface area contributed by atoms with E-state index in [0.29, 0.717) is 40.2 Å². The topological polar surface area (TPSA) is 69.9 Å². The van der Waals surface area contributed by atoms with Gasteiger partial charge < -0.3 is 14.8 Å². The molecule has 0 atom stereocenters. The molecule has 6 nitrogen and oxygen atoms in total. The molecule has 0 saturated carbocycles. The molecule has 2 aromatic carbocycles. The monoisotopic (exact) mass is 454 g/mol. The minimum atomic E-state index is 0.349. The van der Waals surface area contributed by atoms with Crippen molar-refractivity contribution in [3.8, 4) is 11.8 Å². The normalized spacial score (nSPS) is 16.5. The van der Waals surface area contributed by atoms with Crippen molar-refractivity contribution in [2.75, 3.05) is 51.3 Å². The molecule has 31 heavy (non-hydrogen) atoms. The number of hydrogen-bond acceptors (Lipinski definition) is 6. The summed E-state index contributed by atoms with van der Waals surface area (Å²) in [6, 6.07) is 13.4. The summed E-state index contributed by atoms with van der Waals surface area (Å²) in [6.45, 7) is 5.29. The van der Waals surface area contributed by atoms with Gasteiger partial charge in [-0.3, -0.25) is 9.89 Å². The highest BCUT2D eigenvalue weighted by Gasteiger charge is 2.21. The van der Waals surface area contributed by atoms with E-state index in [1.165, 1.54) is 0 Å². The fourth-order valence-electron chi connectivity index (χ4n) is 3.69. The molecule has 1 fully saturated rings. The Bertz CT molecular complexity index is 1040. The van der Waals surface area contributed by atoms with Crippen LogP contribution in [0.4, 0.5) is 5.69 Å². The van der Waals surface area contributed by atoms with Crippen LogP contribution in [-0.2, 0) is 4.74 Å². The molecule has 2 heterocycles. The lowest BCUT2D eigenvalue weighted by atomic mass is 9.98. The van der Waals surface area contributed by atoms with Gasteiger partial charge in [-0.05, 0) is 18.6 Å². The third-order valence-corrected chi connectivity index (χ3v) is 5.82. The number of thiocarbonyl (C=S) groups is 1. The molecule has 0 aliphatic carbocycles. The molecule has 1 N–H and O–H groups in total. The quantitative estimate of drug-likeness (QED) is 0.527. The maximum Gasteiger partial charge on any atom is 0.139 e. The molecule has 2 aliphatic rings. The minimum Gasteiger partial charge on any atom is -0.492 e. The predicted octanol–water partition coefficient (Wildman–Crippen LogP) is 3.90. The predicted molar refractivity (Wildman–Crippen MR) is 127 cm³/mol. The van der Waals surface area contributed by atoms with Gasteiger partial charge >= 0.3 is 0 Å². The van der Waals surface area contributed by atoms with Crippen molar-refractivity contribution >= 4 is 40.2 Å². The summed E-state index contributed by atoms with van der Waals surface area (Å²) < 4.78 is 11.4. The van der Waals surface area contributed by atoms with Crippen LogP contribution in [0.25, 0.3) is 0 Å². The Labute approximate surface area is 192 Å². The van der Waals surface area contributed by atoms with Crippen molar-refractivity contribution < 1.29 is 9.47 Å². The molecular formula is C23H23ClN4O2S. The van der Waals surface area contributed by atoms with Gasteiger partial charge in [0.1, 0.15) is 16.8 Å². The lowest BCUT2D eigenvalue weighted by Crippen LogP contribution is -2.37. The SMILES string of the molecule is N#Cc1cc2c(cc1OCCCN1CCOCC1)NC(=S)CN=C2c1ccccc1Cl. The Kier molecular flexibility index (Phi) is 7.15. The zero-order valence-electron chi connectivity index (χ0n) is 17.1. The van der Waals surface area contributed by atoms with E-state index >= 15 is 0 Å². The Morgan fingerprint density at radius 3 is 2.81 bits per heavy atom. The van der Waals surface area contributed by atoms with E-state index in [-0.39, 0.29) is 0 Å². The lowest BCUT2D eigenvalue weighted by Gasteiger charge is -2.26. The second-order valence-electron chi connectivity index (χ2n) is 7.35. The van der Waals surface area contributed by atoms with Crippen molar-refractivity contribution in [1.29, 1.82) is 5.26 Å². The van der Waals surface area contributed by atoms with Crippen LogP contribution < -0.4 is 10.1 Å². The number of anilines is 1. The van der Waals surface area contributed by atoms with Gasteiger partial charge in [0.2, 0.25) is 0 Å². The van der Waals surface area contributed by atoms with E-state index in [2.05, 4.69) is 21.3 Å². The van der Waals surface area contributed by atoms with Crippen molar-refractivity contribution in [3.63, 3.8) is 0 Å². The number of morpholine rings is 1. The van der Waals surface area contributed by atoms with Crippen molar-refractivity contribution in [1.82, 2.24) is 4.90 Å². The fraction of sp³-hybridized carbons (Fsp3) is 0.348. The van der Waals surface area contributed by atoms with E-state index in [0.717, 1.165) is 56.1 Å². The molecule has 0 unspecified atom stereocenters. The minimum absolute atomic E-state index is 0.349. The van der Waals surface area contributed by atoms with E-state index in [1.54, 1.807) is 6.07 Å². The lowest BCUT2D eigenvalue weighted by molar-refractivity contribution is 0.0358. The van der Waals surface area contributed by atoms with Crippen LogP contribution in [0.1, 0.15) is 23.1 Å². The first-order valence-corrected chi connectivity index (χ1v) is 11.0. The van der Waals surface area contributed by atoms with Crippen LogP contribution >= 0.6 is 23.8 Å². The Hall–Kier alpha value is -2.50. The number of hydrogen-bond donors (Lipinski definition) is 1. The molecule has 1 saturated heterocycles. The first kappa shape index (κ1) is 21.7. The zero-order chi connectivity index (χ0) is 21.6. The summed E-state index contributed by atoms with van der Waals surface area (Å²) in [7, 11) is 0. The molecule has 0 aromatic heterocycles. The highest BCUT2D eigenvalue weighted by Crippen LogP contribution is 2.32. The second-order valence-corrected chi connectivity index (χ2v) is 8.25. The molecule has 160 valence electrons. The maximum atomic E-state index is 9.75. The van der Waals surface area contributed by atoms with Gasteiger partial charge in [0.05, 0.1) is 43.3 Å². The summed E-state index contributed by atoms with van der Waals surface area (Å²) in [5, 5.41) is 13.6. The number of fused-ring (bicyclic) bond motifs is 1. The Morgan fingerprint density at radius 1 is 1.23 bits per heavy atom. The number of ether oxygens (including phenoxy) is 2. The fourth-order valence-corrected chi connectivity index (χ4v) is 4.09. The first-order valence-electron chi connectivity index (χ1n) is 10.3. The molecule has 0 spiro atoms. The van der Waals surface area contributed by atoms with Crippen LogP contribution in [-0.4, -0.2) is 61.6 Å². The summed E-state index contributed by atoms with van der Waals surface area (Å²) >= 11 is 11.8. The molecular weight excluding hydrogens is 432 g/mol. The van der Waals surface area contributed by atoms with Gasteiger partial charge in [0.15, 0.2) is 0 Å². The molecule has 0 amide bonds. The van der Waals surface area contributed by atoms with Crippen molar-refractivity contribution in [2.45, 2.75) is 6.42 Å². The smallest absolute Gasteiger partial charge is 0.139 e. The summed E-state index contributed by atoms with van der Waals surface area (Å²) in [5.74, 6) is 0.541. The van der Waals surface area contributed by atoms with Crippen LogP contribution in [0.3, 0.4) is 0 Å². The van der Waals surface area contributed by atoms with Crippen LogP contribution in [0.15, 0.2) is 41.4 Å².